The van der Waals surface area contributed by atoms with Gasteiger partial charge in [-0.15, -0.1) is 0 Å². The highest BCUT2D eigenvalue weighted by Crippen LogP contribution is 2.36. The Bertz CT molecular complexity index is 230. The van der Waals surface area contributed by atoms with Crippen LogP contribution in [0.5, 0.6) is 0 Å². The van der Waals surface area contributed by atoms with Crippen LogP contribution in [0.2, 0.25) is 0 Å². The fraction of sp³-hybridized carbons (Fsp3) is 1.00. The van der Waals surface area contributed by atoms with Crippen LogP contribution in [0.25, 0.3) is 0 Å². The number of rotatable bonds is 3. The lowest BCUT2D eigenvalue weighted by Gasteiger charge is -2.40. The van der Waals surface area contributed by atoms with E-state index in [9.17, 15) is 0 Å². The zero-order chi connectivity index (χ0) is 13.3. The van der Waals surface area contributed by atoms with E-state index in [2.05, 4.69) is 46.6 Å². The Morgan fingerprint density at radius 1 is 1.24 bits per heavy atom. The van der Waals surface area contributed by atoms with Crippen molar-refractivity contribution in [3.05, 3.63) is 0 Å². The Hall–Kier alpha value is -0.0800. The summed E-state index contributed by atoms with van der Waals surface area (Å²) in [5.74, 6) is 0. The normalized spacial score (nSPS) is 24.0. The lowest BCUT2D eigenvalue weighted by Crippen LogP contribution is -2.48. The van der Waals surface area contributed by atoms with E-state index < -0.39 is 0 Å². The molecule has 0 aromatic heterocycles. The zero-order valence-electron chi connectivity index (χ0n) is 12.7. The van der Waals surface area contributed by atoms with E-state index in [0.29, 0.717) is 5.41 Å². The average molecular weight is 240 g/mol. The van der Waals surface area contributed by atoms with Crippen molar-refractivity contribution in [1.82, 2.24) is 4.90 Å². The summed E-state index contributed by atoms with van der Waals surface area (Å²) in [6.07, 6.45) is 5.38. The smallest absolute Gasteiger partial charge is 0.0217 e. The standard InChI is InChI=1S/C15H32N2/c1-14(2,3)13(16)11-17(6)12-7-9-15(4,5)10-8-12/h12-13H,7-11,16H2,1-6H3. The summed E-state index contributed by atoms with van der Waals surface area (Å²) in [6, 6.07) is 1.01. The lowest BCUT2D eigenvalue weighted by atomic mass is 9.75. The molecule has 2 heteroatoms. The summed E-state index contributed by atoms with van der Waals surface area (Å²) in [5.41, 5.74) is 7.04. The van der Waals surface area contributed by atoms with Crippen molar-refractivity contribution in [3.8, 4) is 0 Å². The second-order valence-corrected chi connectivity index (χ2v) is 7.81. The van der Waals surface area contributed by atoms with Crippen molar-refractivity contribution in [3.63, 3.8) is 0 Å². The van der Waals surface area contributed by atoms with Crippen molar-refractivity contribution < 1.29 is 0 Å². The fourth-order valence-corrected chi connectivity index (χ4v) is 2.56. The molecular weight excluding hydrogens is 208 g/mol. The van der Waals surface area contributed by atoms with Gasteiger partial charge in [-0.2, -0.15) is 0 Å². The molecule has 17 heavy (non-hydrogen) atoms. The van der Waals surface area contributed by atoms with Gasteiger partial charge < -0.3 is 10.6 Å². The van der Waals surface area contributed by atoms with Crippen LogP contribution in [0.4, 0.5) is 0 Å². The monoisotopic (exact) mass is 240 g/mol. The first-order chi connectivity index (χ1) is 7.62. The summed E-state index contributed by atoms with van der Waals surface area (Å²) in [7, 11) is 2.24. The van der Waals surface area contributed by atoms with Crippen LogP contribution in [0.3, 0.4) is 0 Å². The Morgan fingerprint density at radius 2 is 1.71 bits per heavy atom. The first kappa shape index (κ1) is 15.0. The van der Waals surface area contributed by atoms with Gasteiger partial charge in [-0.3, -0.25) is 0 Å². The number of hydrogen-bond donors (Lipinski definition) is 1. The second-order valence-electron chi connectivity index (χ2n) is 7.81. The van der Waals surface area contributed by atoms with Crippen LogP contribution in [-0.4, -0.2) is 30.6 Å². The second kappa shape index (κ2) is 5.27. The summed E-state index contributed by atoms with van der Waals surface area (Å²) < 4.78 is 0. The number of nitrogens with zero attached hydrogens (tertiary/aromatic N) is 1. The first-order valence-electron chi connectivity index (χ1n) is 7.08. The van der Waals surface area contributed by atoms with Gasteiger partial charge in [-0.05, 0) is 43.6 Å². The number of likely N-dealkylation sites (N-methyl/N-ethyl adjacent to an activating group) is 1. The Labute approximate surface area is 108 Å². The molecule has 0 aromatic rings. The minimum atomic E-state index is 0.211. The highest BCUT2D eigenvalue weighted by molar-refractivity contribution is 4.86. The molecule has 102 valence electrons. The predicted molar refractivity (Wildman–Crippen MR) is 76.1 cm³/mol. The largest absolute Gasteiger partial charge is 0.326 e. The van der Waals surface area contributed by atoms with Gasteiger partial charge >= 0.3 is 0 Å². The molecule has 0 bridgehead atoms. The Kier molecular flexibility index (Phi) is 4.65. The average Bonchev–Trinajstić information content (AvgIpc) is 2.15. The molecule has 0 aromatic carbocycles. The van der Waals surface area contributed by atoms with Crippen LogP contribution in [-0.2, 0) is 0 Å². The highest BCUT2D eigenvalue weighted by Gasteiger charge is 2.30. The molecule has 1 fully saturated rings. The van der Waals surface area contributed by atoms with Crippen molar-refractivity contribution in [2.24, 2.45) is 16.6 Å². The van der Waals surface area contributed by atoms with Crippen LogP contribution < -0.4 is 5.73 Å². The zero-order valence-corrected chi connectivity index (χ0v) is 12.7. The van der Waals surface area contributed by atoms with Gasteiger partial charge in [-0.1, -0.05) is 34.6 Å². The minimum Gasteiger partial charge on any atom is -0.326 e. The molecule has 1 aliphatic carbocycles. The molecule has 0 radical (unpaired) electrons. The molecule has 1 saturated carbocycles. The third kappa shape index (κ3) is 4.59. The lowest BCUT2D eigenvalue weighted by molar-refractivity contribution is 0.109. The van der Waals surface area contributed by atoms with Gasteiger partial charge in [0.2, 0.25) is 0 Å². The maximum atomic E-state index is 6.27. The van der Waals surface area contributed by atoms with Crippen molar-refractivity contribution >= 4 is 0 Å². The topological polar surface area (TPSA) is 29.3 Å². The van der Waals surface area contributed by atoms with Gasteiger partial charge in [0, 0.05) is 18.6 Å². The van der Waals surface area contributed by atoms with Crippen molar-refractivity contribution in [2.45, 2.75) is 72.4 Å². The number of nitrogens with two attached hydrogens (primary N) is 1. The summed E-state index contributed by atoms with van der Waals surface area (Å²) in [5, 5.41) is 0. The van der Waals surface area contributed by atoms with E-state index in [0.717, 1.165) is 12.6 Å². The molecule has 1 atom stereocenters. The van der Waals surface area contributed by atoms with E-state index in [1.807, 2.05) is 0 Å². The first-order valence-corrected chi connectivity index (χ1v) is 7.08. The van der Waals surface area contributed by atoms with E-state index in [4.69, 9.17) is 5.73 Å². The molecule has 1 aliphatic rings. The summed E-state index contributed by atoms with van der Waals surface area (Å²) >= 11 is 0. The molecule has 0 heterocycles. The molecule has 0 saturated heterocycles. The van der Waals surface area contributed by atoms with Gasteiger partial charge in [0.15, 0.2) is 0 Å². The molecular formula is C15H32N2. The van der Waals surface area contributed by atoms with Gasteiger partial charge in [-0.25, -0.2) is 0 Å². The predicted octanol–water partition coefficient (Wildman–Crippen LogP) is 3.26. The molecule has 0 spiro atoms. The third-order valence-electron chi connectivity index (χ3n) is 4.53. The van der Waals surface area contributed by atoms with Gasteiger partial charge in [0.1, 0.15) is 0 Å². The van der Waals surface area contributed by atoms with E-state index in [-0.39, 0.29) is 11.5 Å². The van der Waals surface area contributed by atoms with E-state index in [1.165, 1.54) is 25.7 Å². The van der Waals surface area contributed by atoms with Crippen LogP contribution in [0.1, 0.15) is 60.3 Å². The molecule has 2 N–H and O–H groups in total. The van der Waals surface area contributed by atoms with E-state index in [1.54, 1.807) is 0 Å². The Morgan fingerprint density at radius 3 is 2.12 bits per heavy atom. The fourth-order valence-electron chi connectivity index (χ4n) is 2.56. The van der Waals surface area contributed by atoms with E-state index >= 15 is 0 Å². The van der Waals surface area contributed by atoms with Crippen LogP contribution in [0, 0.1) is 10.8 Å². The van der Waals surface area contributed by atoms with Crippen molar-refractivity contribution in [2.75, 3.05) is 13.6 Å². The van der Waals surface area contributed by atoms with Crippen LogP contribution in [0.15, 0.2) is 0 Å². The van der Waals surface area contributed by atoms with Crippen LogP contribution >= 0.6 is 0 Å². The van der Waals surface area contributed by atoms with Gasteiger partial charge in [0.25, 0.3) is 0 Å². The molecule has 1 unspecified atom stereocenters. The highest BCUT2D eigenvalue weighted by atomic mass is 15.1. The SMILES string of the molecule is CN(CC(N)C(C)(C)C)C1CCC(C)(C)CC1. The molecule has 0 aliphatic heterocycles. The van der Waals surface area contributed by atoms with Gasteiger partial charge in [0.05, 0.1) is 0 Å². The number of hydrogen-bond acceptors (Lipinski definition) is 2. The maximum Gasteiger partial charge on any atom is 0.0217 e. The van der Waals surface area contributed by atoms with Crippen molar-refractivity contribution in [1.29, 1.82) is 0 Å². The maximum absolute atomic E-state index is 6.27. The third-order valence-corrected chi connectivity index (χ3v) is 4.53. The Balaban J connectivity index is 2.42. The summed E-state index contributed by atoms with van der Waals surface area (Å²) in [4.78, 5) is 2.49. The molecule has 1 rings (SSSR count). The molecule has 0 amide bonds. The minimum absolute atomic E-state index is 0.211. The quantitative estimate of drug-likeness (QED) is 0.820. The molecule has 2 nitrogen and oxygen atoms in total. The summed E-state index contributed by atoms with van der Waals surface area (Å²) in [6.45, 7) is 12.5.